The van der Waals surface area contributed by atoms with Crippen molar-refractivity contribution < 1.29 is 18.7 Å². The van der Waals surface area contributed by atoms with E-state index in [-0.39, 0.29) is 6.10 Å². The van der Waals surface area contributed by atoms with Crippen LogP contribution >= 0.6 is 0 Å². The van der Waals surface area contributed by atoms with Crippen LogP contribution in [0.4, 0.5) is 0 Å². The lowest BCUT2D eigenvalue weighted by Crippen LogP contribution is -2.03. The lowest BCUT2D eigenvalue weighted by atomic mass is 10.1. The molecule has 1 saturated heterocycles. The second-order valence-corrected chi connectivity index (χ2v) is 4.13. The fourth-order valence-corrected chi connectivity index (χ4v) is 1.77. The number of aryl methyl sites for hydroxylation is 1. The average molecular weight is 232 g/mol. The van der Waals surface area contributed by atoms with Crippen LogP contribution in [0.25, 0.3) is 11.0 Å². The summed E-state index contributed by atoms with van der Waals surface area (Å²) in [5.41, 5.74) is 1.56. The Morgan fingerprint density at radius 3 is 3.06 bits per heavy atom. The molecule has 1 atom stereocenters. The normalized spacial score (nSPS) is 18.3. The van der Waals surface area contributed by atoms with Gasteiger partial charge >= 0.3 is 0 Å². The molecule has 0 radical (unpaired) electrons. The van der Waals surface area contributed by atoms with Gasteiger partial charge in [0.15, 0.2) is 12.0 Å². The van der Waals surface area contributed by atoms with Crippen LogP contribution in [-0.4, -0.2) is 25.6 Å². The third-order valence-corrected chi connectivity index (χ3v) is 2.89. The fraction of sp³-hybridized carbons (Fsp3) is 0.308. The number of hydrogen-bond acceptors (Lipinski definition) is 4. The summed E-state index contributed by atoms with van der Waals surface area (Å²) in [7, 11) is 0. The third kappa shape index (κ3) is 1.91. The van der Waals surface area contributed by atoms with Gasteiger partial charge in [-0.25, -0.2) is 0 Å². The van der Waals surface area contributed by atoms with E-state index >= 15 is 0 Å². The van der Waals surface area contributed by atoms with Gasteiger partial charge in [0.25, 0.3) is 0 Å². The number of carbonyl (C=O) groups is 1. The topological polar surface area (TPSA) is 52.0 Å². The molecule has 1 aromatic heterocycles. The molecule has 1 aromatic carbocycles. The van der Waals surface area contributed by atoms with Gasteiger partial charge in [0, 0.05) is 10.9 Å². The predicted octanol–water partition coefficient (Wildman–Crippen LogP) is 2.33. The quantitative estimate of drug-likeness (QED) is 0.599. The molecule has 3 rings (SSSR count). The van der Waals surface area contributed by atoms with Gasteiger partial charge in [-0.2, -0.15) is 0 Å². The molecule has 1 fully saturated rings. The van der Waals surface area contributed by atoms with E-state index in [1.807, 2.05) is 25.1 Å². The van der Waals surface area contributed by atoms with E-state index in [9.17, 15) is 4.79 Å². The standard InChI is InChI=1S/C13H12O4/c1-8-11-4-9(15-6-10-7-16-10)2-3-12(11)17-13(8)5-14/h2-5,10H,6-7H2,1H3. The van der Waals surface area contributed by atoms with Crippen molar-refractivity contribution in [2.45, 2.75) is 13.0 Å². The van der Waals surface area contributed by atoms with Gasteiger partial charge in [0.1, 0.15) is 24.0 Å². The van der Waals surface area contributed by atoms with Crippen molar-refractivity contribution in [3.05, 3.63) is 29.5 Å². The maximum Gasteiger partial charge on any atom is 0.185 e. The van der Waals surface area contributed by atoms with Crippen molar-refractivity contribution in [1.29, 1.82) is 0 Å². The van der Waals surface area contributed by atoms with E-state index < -0.39 is 0 Å². The Morgan fingerprint density at radius 1 is 1.53 bits per heavy atom. The van der Waals surface area contributed by atoms with E-state index in [0.717, 1.165) is 29.6 Å². The van der Waals surface area contributed by atoms with E-state index in [1.165, 1.54) is 0 Å². The summed E-state index contributed by atoms with van der Waals surface area (Å²) in [6, 6.07) is 5.55. The van der Waals surface area contributed by atoms with E-state index in [2.05, 4.69) is 0 Å². The molecule has 0 spiro atoms. The summed E-state index contributed by atoms with van der Waals surface area (Å²) in [5.74, 6) is 1.15. The fourth-order valence-electron chi connectivity index (χ4n) is 1.77. The first-order valence-electron chi connectivity index (χ1n) is 5.50. The summed E-state index contributed by atoms with van der Waals surface area (Å²) in [6.45, 7) is 3.22. The number of aldehydes is 1. The van der Waals surface area contributed by atoms with Gasteiger partial charge < -0.3 is 13.9 Å². The Balaban J connectivity index is 1.92. The highest BCUT2D eigenvalue weighted by Crippen LogP contribution is 2.28. The molecule has 0 N–H and O–H groups in total. The van der Waals surface area contributed by atoms with Gasteiger partial charge in [-0.05, 0) is 25.1 Å². The molecule has 2 heterocycles. The lowest BCUT2D eigenvalue weighted by molar-refractivity contribution is 0.110. The SMILES string of the molecule is Cc1c(C=O)oc2ccc(OCC3CO3)cc12. The van der Waals surface area contributed by atoms with Crippen molar-refractivity contribution in [2.75, 3.05) is 13.2 Å². The highest BCUT2D eigenvalue weighted by atomic mass is 16.6. The number of furan rings is 1. The highest BCUT2D eigenvalue weighted by molar-refractivity contribution is 5.90. The third-order valence-electron chi connectivity index (χ3n) is 2.89. The molecule has 1 aliphatic heterocycles. The first-order chi connectivity index (χ1) is 8.28. The van der Waals surface area contributed by atoms with Gasteiger partial charge in [-0.15, -0.1) is 0 Å². The molecular formula is C13H12O4. The van der Waals surface area contributed by atoms with Crippen LogP contribution in [0.1, 0.15) is 16.1 Å². The predicted molar refractivity (Wildman–Crippen MR) is 61.6 cm³/mol. The molecule has 4 heteroatoms. The van der Waals surface area contributed by atoms with Crippen molar-refractivity contribution in [2.24, 2.45) is 0 Å². The van der Waals surface area contributed by atoms with Crippen LogP contribution in [0.2, 0.25) is 0 Å². The lowest BCUT2D eigenvalue weighted by Gasteiger charge is -2.03. The van der Waals surface area contributed by atoms with Gasteiger partial charge in [0.05, 0.1) is 6.61 Å². The average Bonchev–Trinajstić information content (AvgIpc) is 3.12. The smallest absolute Gasteiger partial charge is 0.185 e. The monoisotopic (exact) mass is 232 g/mol. The van der Waals surface area contributed by atoms with Crippen molar-refractivity contribution in [3.63, 3.8) is 0 Å². The first kappa shape index (κ1) is 10.4. The summed E-state index contributed by atoms with van der Waals surface area (Å²) >= 11 is 0. The Hall–Kier alpha value is -1.81. The maximum absolute atomic E-state index is 10.8. The molecule has 0 bridgehead atoms. The van der Waals surface area contributed by atoms with Gasteiger partial charge in [-0.1, -0.05) is 0 Å². The van der Waals surface area contributed by atoms with Crippen molar-refractivity contribution >= 4 is 17.3 Å². The molecule has 88 valence electrons. The number of benzene rings is 1. The van der Waals surface area contributed by atoms with Crippen LogP contribution in [0, 0.1) is 6.92 Å². The number of hydrogen-bond donors (Lipinski definition) is 0. The van der Waals surface area contributed by atoms with Crippen LogP contribution in [-0.2, 0) is 4.74 Å². The zero-order valence-corrected chi connectivity index (χ0v) is 9.43. The summed E-state index contributed by atoms with van der Waals surface area (Å²) in [6.07, 6.45) is 0.968. The van der Waals surface area contributed by atoms with Crippen LogP contribution in [0.5, 0.6) is 5.75 Å². The van der Waals surface area contributed by atoms with Crippen molar-refractivity contribution in [3.8, 4) is 5.75 Å². The second kappa shape index (κ2) is 3.89. The van der Waals surface area contributed by atoms with E-state index in [4.69, 9.17) is 13.9 Å². The number of ether oxygens (including phenoxy) is 2. The molecule has 4 nitrogen and oxygen atoms in total. The highest BCUT2D eigenvalue weighted by Gasteiger charge is 2.23. The molecule has 17 heavy (non-hydrogen) atoms. The zero-order valence-electron chi connectivity index (χ0n) is 9.43. The number of fused-ring (bicyclic) bond motifs is 1. The molecule has 0 amide bonds. The van der Waals surface area contributed by atoms with E-state index in [0.29, 0.717) is 18.0 Å². The summed E-state index contributed by atoms with van der Waals surface area (Å²) in [5, 5.41) is 0.918. The minimum absolute atomic E-state index is 0.238. The molecule has 1 unspecified atom stereocenters. The van der Waals surface area contributed by atoms with Gasteiger partial charge in [0.2, 0.25) is 0 Å². The molecular weight excluding hydrogens is 220 g/mol. The second-order valence-electron chi connectivity index (χ2n) is 4.13. The van der Waals surface area contributed by atoms with E-state index in [1.54, 1.807) is 0 Å². The Bertz CT molecular complexity index is 566. The van der Waals surface area contributed by atoms with Crippen LogP contribution < -0.4 is 4.74 Å². The molecule has 0 aliphatic carbocycles. The minimum atomic E-state index is 0.238. The summed E-state index contributed by atoms with van der Waals surface area (Å²) in [4.78, 5) is 10.8. The molecule has 1 aliphatic rings. The van der Waals surface area contributed by atoms with Crippen LogP contribution in [0.3, 0.4) is 0 Å². The minimum Gasteiger partial charge on any atom is -0.491 e. The molecule has 2 aromatic rings. The first-order valence-corrected chi connectivity index (χ1v) is 5.50. The Kier molecular flexibility index (Phi) is 2.37. The Morgan fingerprint density at radius 2 is 2.35 bits per heavy atom. The zero-order chi connectivity index (χ0) is 11.8. The molecule has 0 saturated carbocycles. The maximum atomic E-state index is 10.8. The van der Waals surface area contributed by atoms with Gasteiger partial charge in [-0.3, -0.25) is 4.79 Å². The number of rotatable bonds is 4. The Labute approximate surface area is 98.1 Å². The van der Waals surface area contributed by atoms with Crippen molar-refractivity contribution in [1.82, 2.24) is 0 Å². The number of epoxide rings is 1. The number of carbonyl (C=O) groups excluding carboxylic acids is 1. The summed E-state index contributed by atoms with van der Waals surface area (Å²) < 4.78 is 16.0. The largest absolute Gasteiger partial charge is 0.491 e. The van der Waals surface area contributed by atoms with Crippen LogP contribution in [0.15, 0.2) is 22.6 Å².